The summed E-state index contributed by atoms with van der Waals surface area (Å²) < 4.78 is 0. The first-order valence-electron chi connectivity index (χ1n) is 8.98. The van der Waals surface area contributed by atoms with E-state index >= 15 is 0 Å². The van der Waals surface area contributed by atoms with Crippen LogP contribution in [-0.4, -0.2) is 11.6 Å². The van der Waals surface area contributed by atoms with E-state index in [9.17, 15) is 9.59 Å². The lowest BCUT2D eigenvalue weighted by molar-refractivity contribution is 0.101. The van der Waals surface area contributed by atoms with E-state index < -0.39 is 7.92 Å². The number of carbonyl (C=O) groups is 2. The zero-order chi connectivity index (χ0) is 19.6. The molecule has 0 saturated carbocycles. The van der Waals surface area contributed by atoms with E-state index in [1.807, 2.05) is 48.5 Å². The van der Waals surface area contributed by atoms with Crippen molar-refractivity contribution in [3.8, 4) is 0 Å². The van der Waals surface area contributed by atoms with Crippen LogP contribution in [0.1, 0.15) is 45.7 Å². The molecule has 0 fully saturated rings. The van der Waals surface area contributed by atoms with Crippen LogP contribution < -0.4 is 15.9 Å². The van der Waals surface area contributed by atoms with Gasteiger partial charge in [0.2, 0.25) is 0 Å². The normalized spacial score (nSPS) is 10.9. The highest BCUT2D eigenvalue weighted by molar-refractivity contribution is 7.80. The molecule has 0 N–H and O–H groups in total. The van der Waals surface area contributed by atoms with Crippen LogP contribution in [0.15, 0.2) is 66.7 Å². The van der Waals surface area contributed by atoms with Gasteiger partial charge in [-0.2, -0.15) is 0 Å². The van der Waals surface area contributed by atoms with Crippen LogP contribution >= 0.6 is 7.92 Å². The summed E-state index contributed by atoms with van der Waals surface area (Å²) in [6.45, 7) is 7.42. The van der Waals surface area contributed by atoms with Crippen LogP contribution in [0.5, 0.6) is 0 Å². The van der Waals surface area contributed by atoms with Crippen LogP contribution in [0.4, 0.5) is 0 Å². The first-order valence-corrected chi connectivity index (χ1v) is 10.3. The van der Waals surface area contributed by atoms with Gasteiger partial charge < -0.3 is 0 Å². The summed E-state index contributed by atoms with van der Waals surface area (Å²) in [6, 6.07) is 21.8. The topological polar surface area (TPSA) is 34.1 Å². The van der Waals surface area contributed by atoms with Gasteiger partial charge in [-0.05, 0) is 62.7 Å². The second-order valence-electron chi connectivity index (χ2n) is 6.70. The highest BCUT2D eigenvalue weighted by atomic mass is 31.1. The zero-order valence-corrected chi connectivity index (χ0v) is 17.0. The van der Waals surface area contributed by atoms with E-state index in [0.29, 0.717) is 0 Å². The first kappa shape index (κ1) is 19.2. The van der Waals surface area contributed by atoms with Crippen molar-refractivity contribution in [3.63, 3.8) is 0 Å². The maximum absolute atomic E-state index is 12.3. The van der Waals surface area contributed by atoms with Crippen LogP contribution in [0.3, 0.4) is 0 Å². The number of Topliss-reactive ketones (excluding diaryl/α,β-unsaturated/α-hetero) is 2. The van der Waals surface area contributed by atoms with Gasteiger partial charge in [0.25, 0.3) is 0 Å². The number of rotatable bonds is 5. The van der Waals surface area contributed by atoms with Gasteiger partial charge in [0.15, 0.2) is 11.6 Å². The van der Waals surface area contributed by atoms with Crippen molar-refractivity contribution in [1.29, 1.82) is 0 Å². The average molecular weight is 374 g/mol. The number of aryl methyl sites for hydroxylation is 1. The van der Waals surface area contributed by atoms with E-state index in [1.165, 1.54) is 16.4 Å². The molecule has 0 aliphatic rings. The summed E-state index contributed by atoms with van der Waals surface area (Å²) in [5.74, 6) is 0.0902. The fourth-order valence-corrected chi connectivity index (χ4v) is 6.24. The molecule has 0 saturated heterocycles. The van der Waals surface area contributed by atoms with E-state index in [1.54, 1.807) is 13.8 Å². The van der Waals surface area contributed by atoms with Gasteiger partial charge in [0, 0.05) is 11.1 Å². The van der Waals surface area contributed by atoms with Crippen molar-refractivity contribution in [2.24, 2.45) is 0 Å². The minimum absolute atomic E-state index is 0.0451. The van der Waals surface area contributed by atoms with Crippen molar-refractivity contribution in [2.45, 2.75) is 27.7 Å². The van der Waals surface area contributed by atoms with Crippen molar-refractivity contribution < 1.29 is 9.59 Å². The lowest BCUT2D eigenvalue weighted by Gasteiger charge is -2.25. The molecule has 0 aliphatic carbocycles. The van der Waals surface area contributed by atoms with Gasteiger partial charge >= 0.3 is 0 Å². The zero-order valence-electron chi connectivity index (χ0n) is 16.1. The lowest BCUT2D eigenvalue weighted by Crippen LogP contribution is -2.29. The highest BCUT2D eigenvalue weighted by Crippen LogP contribution is 2.37. The van der Waals surface area contributed by atoms with Crippen LogP contribution in [0.25, 0.3) is 0 Å². The molecular weight excluding hydrogens is 351 g/mol. The SMILES string of the molecule is CC(=O)c1ccccc1P(c1ccccc1C(C)=O)c1cccc(C)c1C. The predicted molar refractivity (Wildman–Crippen MR) is 115 cm³/mol. The molecule has 0 aromatic heterocycles. The van der Waals surface area contributed by atoms with Crippen LogP contribution in [-0.2, 0) is 0 Å². The van der Waals surface area contributed by atoms with E-state index in [-0.39, 0.29) is 11.6 Å². The number of benzene rings is 3. The smallest absolute Gasteiger partial charge is 0.160 e. The summed E-state index contributed by atoms with van der Waals surface area (Å²) in [4.78, 5) is 24.7. The summed E-state index contributed by atoms with van der Waals surface area (Å²) in [6.07, 6.45) is 0. The second-order valence-corrected chi connectivity index (χ2v) is 8.82. The summed E-state index contributed by atoms with van der Waals surface area (Å²) in [5.41, 5.74) is 3.87. The minimum atomic E-state index is -1.03. The highest BCUT2D eigenvalue weighted by Gasteiger charge is 2.25. The molecule has 2 nitrogen and oxygen atoms in total. The third kappa shape index (κ3) is 3.77. The minimum Gasteiger partial charge on any atom is -0.294 e. The van der Waals surface area contributed by atoms with Gasteiger partial charge in [-0.3, -0.25) is 9.59 Å². The van der Waals surface area contributed by atoms with Crippen LogP contribution in [0.2, 0.25) is 0 Å². The first-order chi connectivity index (χ1) is 12.9. The largest absolute Gasteiger partial charge is 0.294 e. The van der Waals surface area contributed by atoms with Crippen molar-refractivity contribution >= 4 is 35.4 Å². The van der Waals surface area contributed by atoms with Crippen molar-refractivity contribution in [3.05, 3.63) is 89.0 Å². The number of ketones is 2. The third-order valence-electron chi connectivity index (χ3n) is 4.87. The Kier molecular flexibility index (Phi) is 5.68. The quantitative estimate of drug-likeness (QED) is 0.488. The summed E-state index contributed by atoms with van der Waals surface area (Å²) >= 11 is 0. The standard InChI is InChI=1S/C24H23O2P/c1-16-10-9-15-22(17(16)2)27(23-13-7-5-11-20(23)18(3)25)24-14-8-6-12-21(24)19(4)26/h5-15H,1-4H3. The van der Waals surface area contributed by atoms with E-state index in [0.717, 1.165) is 21.7 Å². The van der Waals surface area contributed by atoms with Crippen LogP contribution in [0, 0.1) is 13.8 Å². The van der Waals surface area contributed by atoms with E-state index in [4.69, 9.17) is 0 Å². The molecule has 0 radical (unpaired) electrons. The number of carbonyl (C=O) groups excluding carboxylic acids is 2. The Balaban J connectivity index is 2.38. The monoisotopic (exact) mass is 374 g/mol. The van der Waals surface area contributed by atoms with Gasteiger partial charge in [-0.15, -0.1) is 0 Å². The maximum Gasteiger partial charge on any atom is 0.160 e. The number of hydrogen-bond acceptors (Lipinski definition) is 2. The van der Waals surface area contributed by atoms with Gasteiger partial charge in [0.05, 0.1) is 0 Å². The number of hydrogen-bond donors (Lipinski definition) is 0. The Morgan fingerprint density at radius 3 is 1.56 bits per heavy atom. The molecule has 0 unspecified atom stereocenters. The fraction of sp³-hybridized carbons (Fsp3) is 0.167. The Labute approximate surface area is 162 Å². The Hall–Kier alpha value is -2.57. The molecule has 0 heterocycles. The Morgan fingerprint density at radius 1 is 0.630 bits per heavy atom. The molecule has 27 heavy (non-hydrogen) atoms. The third-order valence-corrected chi connectivity index (χ3v) is 7.58. The van der Waals surface area contributed by atoms with Crippen molar-refractivity contribution in [1.82, 2.24) is 0 Å². The van der Waals surface area contributed by atoms with E-state index in [2.05, 4.69) is 32.0 Å². The molecule has 3 aromatic rings. The molecule has 3 aromatic carbocycles. The van der Waals surface area contributed by atoms with Gasteiger partial charge in [0.1, 0.15) is 0 Å². The van der Waals surface area contributed by atoms with Gasteiger partial charge in [-0.25, -0.2) is 0 Å². The second kappa shape index (κ2) is 7.98. The Bertz CT molecular complexity index is 963. The molecule has 136 valence electrons. The molecule has 0 aliphatic heterocycles. The molecular formula is C24H23O2P. The fourth-order valence-electron chi connectivity index (χ4n) is 3.30. The molecule has 0 bridgehead atoms. The molecule has 0 spiro atoms. The molecule has 3 heteroatoms. The molecule has 0 amide bonds. The maximum atomic E-state index is 12.3. The summed E-state index contributed by atoms with van der Waals surface area (Å²) in [5, 5.41) is 3.19. The molecule has 0 atom stereocenters. The van der Waals surface area contributed by atoms with Crippen molar-refractivity contribution in [2.75, 3.05) is 0 Å². The average Bonchev–Trinajstić information content (AvgIpc) is 2.66. The Morgan fingerprint density at radius 2 is 1.07 bits per heavy atom. The predicted octanol–water partition coefficient (Wildman–Crippen LogP) is 4.47. The molecule has 3 rings (SSSR count). The lowest BCUT2D eigenvalue weighted by atomic mass is 10.1. The van der Waals surface area contributed by atoms with Gasteiger partial charge in [-0.1, -0.05) is 66.7 Å². The summed E-state index contributed by atoms with van der Waals surface area (Å²) in [7, 11) is -1.03.